The number of carbonyl (C=O) groups is 1. The molecule has 0 aromatic heterocycles. The molecule has 0 aromatic rings. The van der Waals surface area contributed by atoms with Crippen LogP contribution in [0.3, 0.4) is 0 Å². The quantitative estimate of drug-likeness (QED) is 0.520. The second-order valence-corrected chi connectivity index (χ2v) is 3.35. The van der Waals surface area contributed by atoms with Crippen molar-refractivity contribution in [3.63, 3.8) is 0 Å². The van der Waals surface area contributed by atoms with Crippen LogP contribution < -0.4 is 5.90 Å². The summed E-state index contributed by atoms with van der Waals surface area (Å²) in [6, 6.07) is 0. The van der Waals surface area contributed by atoms with Gasteiger partial charge in [0.15, 0.2) is 0 Å². The Morgan fingerprint density at radius 2 is 2.08 bits per heavy atom. The van der Waals surface area contributed by atoms with E-state index in [1.54, 1.807) is 6.08 Å². The van der Waals surface area contributed by atoms with E-state index >= 15 is 0 Å². The molecule has 3 heteroatoms. The summed E-state index contributed by atoms with van der Waals surface area (Å²) in [5.74, 6) is 4.37. The Morgan fingerprint density at radius 1 is 1.58 bits per heavy atom. The Hall–Kier alpha value is -0.830. The molecular weight excluding hydrogens is 154 g/mol. The maximum Gasteiger partial charge on any atom is 0.352 e. The van der Waals surface area contributed by atoms with Gasteiger partial charge in [-0.1, -0.05) is 26.8 Å². The standard InChI is InChI=1S/C9H17NO2/c1-5-7(8(11)12-10)9(3,4)6-2/h5H,6,10H2,1-4H3. The zero-order chi connectivity index (χ0) is 9.78. The van der Waals surface area contributed by atoms with Crippen LogP contribution in [0, 0.1) is 5.41 Å². The molecule has 0 aromatic carbocycles. The van der Waals surface area contributed by atoms with E-state index in [1.807, 2.05) is 27.7 Å². The monoisotopic (exact) mass is 171 g/mol. The highest BCUT2D eigenvalue weighted by atomic mass is 16.7. The van der Waals surface area contributed by atoms with Gasteiger partial charge < -0.3 is 4.84 Å². The topological polar surface area (TPSA) is 52.3 Å². The molecule has 0 bridgehead atoms. The largest absolute Gasteiger partial charge is 0.370 e. The number of hydrogen-bond acceptors (Lipinski definition) is 3. The van der Waals surface area contributed by atoms with Gasteiger partial charge in [0.2, 0.25) is 0 Å². The lowest BCUT2D eigenvalue weighted by Crippen LogP contribution is -2.24. The van der Waals surface area contributed by atoms with Gasteiger partial charge >= 0.3 is 5.97 Å². The molecule has 0 heterocycles. The second kappa shape index (κ2) is 4.26. The summed E-state index contributed by atoms with van der Waals surface area (Å²) in [5.41, 5.74) is 0.470. The van der Waals surface area contributed by atoms with Crippen LogP contribution in [-0.4, -0.2) is 5.97 Å². The molecule has 0 aliphatic carbocycles. The highest BCUT2D eigenvalue weighted by Crippen LogP contribution is 2.30. The predicted molar refractivity (Wildman–Crippen MR) is 48.1 cm³/mol. The average Bonchev–Trinajstić information content (AvgIpc) is 2.05. The molecule has 0 rings (SSSR count). The maximum absolute atomic E-state index is 11.1. The van der Waals surface area contributed by atoms with Gasteiger partial charge in [-0.2, -0.15) is 5.90 Å². The zero-order valence-electron chi connectivity index (χ0n) is 8.18. The third-order valence-electron chi connectivity index (χ3n) is 2.23. The van der Waals surface area contributed by atoms with Crippen LogP contribution in [-0.2, 0) is 9.63 Å². The van der Waals surface area contributed by atoms with Crippen molar-refractivity contribution in [2.24, 2.45) is 11.3 Å². The van der Waals surface area contributed by atoms with Gasteiger partial charge in [0, 0.05) is 5.57 Å². The van der Waals surface area contributed by atoms with Crippen LogP contribution in [0.1, 0.15) is 34.1 Å². The van der Waals surface area contributed by atoms with Crippen LogP contribution in [0.25, 0.3) is 0 Å². The van der Waals surface area contributed by atoms with Crippen LogP contribution in [0.15, 0.2) is 11.6 Å². The van der Waals surface area contributed by atoms with Crippen molar-refractivity contribution in [3.8, 4) is 0 Å². The summed E-state index contributed by atoms with van der Waals surface area (Å²) >= 11 is 0. The molecule has 0 fully saturated rings. The first-order valence-corrected chi connectivity index (χ1v) is 4.07. The second-order valence-electron chi connectivity index (χ2n) is 3.35. The summed E-state index contributed by atoms with van der Waals surface area (Å²) in [6.07, 6.45) is 2.63. The van der Waals surface area contributed by atoms with Crippen LogP contribution in [0.2, 0.25) is 0 Å². The Bertz CT molecular complexity index is 195. The SMILES string of the molecule is CC=C(C(=O)ON)C(C)(C)CC. The molecule has 0 aliphatic rings. The van der Waals surface area contributed by atoms with Gasteiger partial charge in [-0.05, 0) is 18.8 Å². The van der Waals surface area contributed by atoms with Crippen molar-refractivity contribution in [2.75, 3.05) is 0 Å². The van der Waals surface area contributed by atoms with Crippen molar-refractivity contribution in [3.05, 3.63) is 11.6 Å². The lowest BCUT2D eigenvalue weighted by molar-refractivity contribution is -0.140. The minimum atomic E-state index is -0.440. The first-order chi connectivity index (χ1) is 5.49. The van der Waals surface area contributed by atoms with E-state index in [2.05, 4.69) is 4.84 Å². The molecule has 2 N–H and O–H groups in total. The molecule has 12 heavy (non-hydrogen) atoms. The van der Waals surface area contributed by atoms with Gasteiger partial charge in [-0.25, -0.2) is 4.79 Å². The fourth-order valence-corrected chi connectivity index (χ4v) is 1.04. The lowest BCUT2D eigenvalue weighted by Gasteiger charge is -2.23. The van der Waals surface area contributed by atoms with Gasteiger partial charge in [0.05, 0.1) is 0 Å². The molecule has 0 amide bonds. The molecule has 0 spiro atoms. The van der Waals surface area contributed by atoms with E-state index in [0.29, 0.717) is 5.57 Å². The molecule has 70 valence electrons. The lowest BCUT2D eigenvalue weighted by atomic mass is 9.81. The third kappa shape index (κ3) is 2.34. The highest BCUT2D eigenvalue weighted by Gasteiger charge is 2.26. The van der Waals surface area contributed by atoms with E-state index < -0.39 is 5.97 Å². The number of carbonyl (C=O) groups excluding carboxylic acids is 1. The average molecular weight is 171 g/mol. The number of hydrogen-bond donors (Lipinski definition) is 1. The number of rotatable bonds is 3. The fraction of sp³-hybridized carbons (Fsp3) is 0.667. The normalized spacial score (nSPS) is 12.9. The number of nitrogens with two attached hydrogens (primary N) is 1. The van der Waals surface area contributed by atoms with E-state index in [0.717, 1.165) is 6.42 Å². The van der Waals surface area contributed by atoms with E-state index in [9.17, 15) is 4.79 Å². The summed E-state index contributed by atoms with van der Waals surface area (Å²) in [5, 5.41) is 0. The summed E-state index contributed by atoms with van der Waals surface area (Å²) < 4.78 is 0. The molecule has 0 unspecified atom stereocenters. The first-order valence-electron chi connectivity index (χ1n) is 4.07. The van der Waals surface area contributed by atoms with Crippen LogP contribution in [0.5, 0.6) is 0 Å². The number of allylic oxidation sites excluding steroid dienone is 1. The van der Waals surface area contributed by atoms with E-state index in [-0.39, 0.29) is 5.41 Å². The van der Waals surface area contributed by atoms with E-state index in [4.69, 9.17) is 5.90 Å². The van der Waals surface area contributed by atoms with Gasteiger partial charge in [-0.15, -0.1) is 0 Å². The van der Waals surface area contributed by atoms with Gasteiger partial charge in [0.25, 0.3) is 0 Å². The maximum atomic E-state index is 11.1. The predicted octanol–water partition coefficient (Wildman–Crippen LogP) is 1.79. The molecule has 0 saturated heterocycles. The summed E-state index contributed by atoms with van der Waals surface area (Å²) in [7, 11) is 0. The smallest absolute Gasteiger partial charge is 0.352 e. The Labute approximate surface area is 73.5 Å². The van der Waals surface area contributed by atoms with Crippen LogP contribution in [0.4, 0.5) is 0 Å². The molecule has 0 aliphatic heterocycles. The Balaban J connectivity index is 4.69. The minimum Gasteiger partial charge on any atom is -0.370 e. The molecule has 0 radical (unpaired) electrons. The fourth-order valence-electron chi connectivity index (χ4n) is 1.04. The first kappa shape index (κ1) is 11.2. The van der Waals surface area contributed by atoms with Gasteiger partial charge in [-0.3, -0.25) is 0 Å². The molecule has 0 saturated carbocycles. The summed E-state index contributed by atoms with van der Waals surface area (Å²) in [6.45, 7) is 7.80. The van der Waals surface area contributed by atoms with Gasteiger partial charge in [0.1, 0.15) is 0 Å². The van der Waals surface area contributed by atoms with Crippen LogP contribution >= 0.6 is 0 Å². The molecule has 3 nitrogen and oxygen atoms in total. The van der Waals surface area contributed by atoms with Crippen molar-refractivity contribution in [1.29, 1.82) is 0 Å². The van der Waals surface area contributed by atoms with Crippen molar-refractivity contribution < 1.29 is 9.63 Å². The zero-order valence-corrected chi connectivity index (χ0v) is 8.18. The molecule has 0 atom stereocenters. The van der Waals surface area contributed by atoms with Crippen molar-refractivity contribution in [2.45, 2.75) is 34.1 Å². The summed E-state index contributed by atoms with van der Waals surface area (Å²) in [4.78, 5) is 15.3. The van der Waals surface area contributed by atoms with E-state index in [1.165, 1.54) is 0 Å². The molecular formula is C9H17NO2. The third-order valence-corrected chi connectivity index (χ3v) is 2.23. The Kier molecular flexibility index (Phi) is 3.96. The van der Waals surface area contributed by atoms with Crippen molar-refractivity contribution in [1.82, 2.24) is 0 Å². The Morgan fingerprint density at radius 3 is 2.33 bits per heavy atom. The van der Waals surface area contributed by atoms with Crippen molar-refractivity contribution >= 4 is 5.97 Å². The minimum absolute atomic E-state index is 0.162. The highest BCUT2D eigenvalue weighted by molar-refractivity contribution is 5.89.